The molecule has 1 heterocycles. The van der Waals surface area contributed by atoms with Crippen molar-refractivity contribution in [2.75, 3.05) is 13.1 Å². The third kappa shape index (κ3) is 3.23. The number of hydrogen-bond acceptors (Lipinski definition) is 2. The standard InChI is InChI=1S/C15H32N2/c1-7-13(6)17-11-15(8-2,9-3)16-10-14(17)12(4)5/h12-14,16H,7-11H2,1-6H3. The van der Waals surface area contributed by atoms with Crippen LogP contribution in [0.25, 0.3) is 0 Å². The van der Waals surface area contributed by atoms with E-state index in [2.05, 4.69) is 51.8 Å². The van der Waals surface area contributed by atoms with Crippen LogP contribution in [0.4, 0.5) is 0 Å². The Morgan fingerprint density at radius 1 is 1.18 bits per heavy atom. The molecule has 102 valence electrons. The molecular formula is C15H32N2. The van der Waals surface area contributed by atoms with Crippen LogP contribution in [-0.2, 0) is 0 Å². The van der Waals surface area contributed by atoms with Gasteiger partial charge in [-0.3, -0.25) is 4.90 Å². The zero-order valence-electron chi connectivity index (χ0n) is 12.7. The molecule has 0 aromatic heterocycles. The molecule has 0 aromatic rings. The van der Waals surface area contributed by atoms with Gasteiger partial charge in [0, 0.05) is 30.7 Å². The lowest BCUT2D eigenvalue weighted by atomic mass is 9.85. The molecule has 2 nitrogen and oxygen atoms in total. The summed E-state index contributed by atoms with van der Waals surface area (Å²) >= 11 is 0. The zero-order valence-corrected chi connectivity index (χ0v) is 12.7. The molecule has 0 aromatic carbocycles. The van der Waals surface area contributed by atoms with Crippen LogP contribution in [-0.4, -0.2) is 35.6 Å². The van der Waals surface area contributed by atoms with E-state index in [1.54, 1.807) is 0 Å². The average molecular weight is 240 g/mol. The van der Waals surface area contributed by atoms with Crippen LogP contribution in [0.3, 0.4) is 0 Å². The summed E-state index contributed by atoms with van der Waals surface area (Å²) in [5.41, 5.74) is 0.356. The minimum Gasteiger partial charge on any atom is -0.308 e. The maximum Gasteiger partial charge on any atom is 0.0304 e. The highest BCUT2D eigenvalue weighted by molar-refractivity contribution is 4.98. The SMILES string of the molecule is CCC(C)N1CC(CC)(CC)NCC1C(C)C. The van der Waals surface area contributed by atoms with Gasteiger partial charge in [0.15, 0.2) is 0 Å². The summed E-state index contributed by atoms with van der Waals surface area (Å²) in [4.78, 5) is 2.76. The lowest BCUT2D eigenvalue weighted by Crippen LogP contribution is -2.66. The first-order chi connectivity index (χ1) is 7.99. The normalized spacial score (nSPS) is 27.4. The molecule has 0 saturated carbocycles. The fraction of sp³-hybridized carbons (Fsp3) is 1.00. The van der Waals surface area contributed by atoms with Crippen molar-refractivity contribution in [3.8, 4) is 0 Å². The Morgan fingerprint density at radius 2 is 1.76 bits per heavy atom. The van der Waals surface area contributed by atoms with Crippen LogP contribution in [0.5, 0.6) is 0 Å². The minimum absolute atomic E-state index is 0.356. The van der Waals surface area contributed by atoms with Crippen LogP contribution < -0.4 is 5.32 Å². The summed E-state index contributed by atoms with van der Waals surface area (Å²) in [6.07, 6.45) is 3.73. The molecule has 1 rings (SSSR count). The average Bonchev–Trinajstić information content (AvgIpc) is 2.36. The summed E-state index contributed by atoms with van der Waals surface area (Å²) in [6.45, 7) is 16.4. The second-order valence-electron chi connectivity index (χ2n) is 6.11. The van der Waals surface area contributed by atoms with Crippen molar-refractivity contribution in [3.63, 3.8) is 0 Å². The monoisotopic (exact) mass is 240 g/mol. The second-order valence-corrected chi connectivity index (χ2v) is 6.11. The molecule has 1 fully saturated rings. The largest absolute Gasteiger partial charge is 0.308 e. The van der Waals surface area contributed by atoms with Crippen LogP contribution in [0.2, 0.25) is 0 Å². The summed E-state index contributed by atoms with van der Waals surface area (Å²) in [5, 5.41) is 3.83. The van der Waals surface area contributed by atoms with Gasteiger partial charge in [0.05, 0.1) is 0 Å². The van der Waals surface area contributed by atoms with Crippen LogP contribution in [0.1, 0.15) is 60.8 Å². The molecule has 0 aliphatic carbocycles. The number of nitrogens with zero attached hydrogens (tertiary/aromatic N) is 1. The van der Waals surface area contributed by atoms with Crippen LogP contribution in [0, 0.1) is 5.92 Å². The Hall–Kier alpha value is -0.0800. The molecule has 1 aliphatic heterocycles. The van der Waals surface area contributed by atoms with E-state index in [4.69, 9.17) is 0 Å². The zero-order chi connectivity index (χ0) is 13.1. The highest BCUT2D eigenvalue weighted by Crippen LogP contribution is 2.27. The van der Waals surface area contributed by atoms with E-state index >= 15 is 0 Å². The molecule has 2 heteroatoms. The molecule has 2 unspecified atom stereocenters. The first-order valence-corrected chi connectivity index (χ1v) is 7.50. The molecule has 1 saturated heterocycles. The van der Waals surface area contributed by atoms with Gasteiger partial charge in [0.2, 0.25) is 0 Å². The van der Waals surface area contributed by atoms with E-state index < -0.39 is 0 Å². The van der Waals surface area contributed by atoms with Gasteiger partial charge in [-0.1, -0.05) is 34.6 Å². The third-order valence-corrected chi connectivity index (χ3v) is 4.88. The maximum absolute atomic E-state index is 3.83. The number of piperazine rings is 1. The molecule has 1 N–H and O–H groups in total. The van der Waals surface area contributed by atoms with E-state index in [1.165, 1.54) is 25.8 Å². The summed E-state index contributed by atoms with van der Waals surface area (Å²) in [6, 6.07) is 1.41. The van der Waals surface area contributed by atoms with Crippen molar-refractivity contribution in [2.24, 2.45) is 5.92 Å². The van der Waals surface area contributed by atoms with E-state index in [1.807, 2.05) is 0 Å². The van der Waals surface area contributed by atoms with Crippen molar-refractivity contribution in [3.05, 3.63) is 0 Å². The number of hydrogen-bond donors (Lipinski definition) is 1. The first kappa shape index (κ1) is 15.0. The van der Waals surface area contributed by atoms with Gasteiger partial charge in [0.25, 0.3) is 0 Å². The molecule has 17 heavy (non-hydrogen) atoms. The Labute approximate surface area is 108 Å². The fourth-order valence-electron chi connectivity index (χ4n) is 3.02. The van der Waals surface area contributed by atoms with Crippen molar-refractivity contribution in [1.82, 2.24) is 10.2 Å². The van der Waals surface area contributed by atoms with Crippen LogP contribution >= 0.6 is 0 Å². The topological polar surface area (TPSA) is 15.3 Å². The minimum atomic E-state index is 0.356. The Morgan fingerprint density at radius 3 is 2.18 bits per heavy atom. The predicted octanol–water partition coefficient (Wildman–Crippen LogP) is 3.27. The van der Waals surface area contributed by atoms with Crippen molar-refractivity contribution >= 4 is 0 Å². The first-order valence-electron chi connectivity index (χ1n) is 7.50. The van der Waals surface area contributed by atoms with E-state index in [9.17, 15) is 0 Å². The summed E-state index contributed by atoms with van der Waals surface area (Å²) in [7, 11) is 0. The van der Waals surface area contributed by atoms with Crippen molar-refractivity contribution < 1.29 is 0 Å². The lowest BCUT2D eigenvalue weighted by Gasteiger charge is -2.51. The third-order valence-electron chi connectivity index (χ3n) is 4.88. The van der Waals surface area contributed by atoms with Gasteiger partial charge in [0.1, 0.15) is 0 Å². The van der Waals surface area contributed by atoms with Gasteiger partial charge >= 0.3 is 0 Å². The second kappa shape index (κ2) is 6.19. The van der Waals surface area contributed by atoms with Gasteiger partial charge in [-0.25, -0.2) is 0 Å². The Bertz CT molecular complexity index is 221. The number of nitrogens with one attached hydrogen (secondary N) is 1. The van der Waals surface area contributed by atoms with E-state index in [0.717, 1.165) is 12.5 Å². The molecule has 1 aliphatic rings. The highest BCUT2D eigenvalue weighted by atomic mass is 15.3. The molecule has 0 spiro atoms. The molecule has 0 bridgehead atoms. The predicted molar refractivity (Wildman–Crippen MR) is 76.4 cm³/mol. The lowest BCUT2D eigenvalue weighted by molar-refractivity contribution is 0.0209. The summed E-state index contributed by atoms with van der Waals surface area (Å²) < 4.78 is 0. The van der Waals surface area contributed by atoms with Crippen LogP contribution in [0.15, 0.2) is 0 Å². The van der Waals surface area contributed by atoms with Gasteiger partial charge in [-0.15, -0.1) is 0 Å². The number of rotatable bonds is 5. The molecule has 2 atom stereocenters. The van der Waals surface area contributed by atoms with Gasteiger partial charge in [-0.05, 0) is 32.1 Å². The van der Waals surface area contributed by atoms with Gasteiger partial charge in [-0.2, -0.15) is 0 Å². The Balaban J connectivity index is 2.83. The van der Waals surface area contributed by atoms with E-state index in [-0.39, 0.29) is 0 Å². The smallest absolute Gasteiger partial charge is 0.0304 e. The van der Waals surface area contributed by atoms with Gasteiger partial charge < -0.3 is 5.32 Å². The molecule has 0 amide bonds. The van der Waals surface area contributed by atoms with E-state index in [0.29, 0.717) is 17.6 Å². The highest BCUT2D eigenvalue weighted by Gasteiger charge is 2.39. The quantitative estimate of drug-likeness (QED) is 0.793. The molecular weight excluding hydrogens is 208 g/mol. The van der Waals surface area contributed by atoms with Crippen molar-refractivity contribution in [2.45, 2.75) is 78.4 Å². The molecule has 0 radical (unpaired) electrons. The van der Waals surface area contributed by atoms with Crippen molar-refractivity contribution in [1.29, 1.82) is 0 Å². The summed E-state index contributed by atoms with van der Waals surface area (Å²) in [5.74, 6) is 0.739. The fourth-order valence-corrected chi connectivity index (χ4v) is 3.02. The maximum atomic E-state index is 3.83. The Kier molecular flexibility index (Phi) is 5.46.